The minimum Gasteiger partial charge on any atom is -0.481 e. The van der Waals surface area contributed by atoms with Crippen LogP contribution in [0.25, 0.3) is 11.1 Å². The lowest BCUT2D eigenvalue weighted by atomic mass is 9.88. The molecule has 1 fully saturated rings. The van der Waals surface area contributed by atoms with Crippen LogP contribution in [-0.2, 0) is 9.59 Å². The van der Waals surface area contributed by atoms with Crippen LogP contribution < -0.4 is 15.4 Å². The number of aromatic nitrogens is 1. The van der Waals surface area contributed by atoms with Gasteiger partial charge < -0.3 is 15.4 Å². The fourth-order valence-electron chi connectivity index (χ4n) is 4.24. The van der Waals surface area contributed by atoms with Gasteiger partial charge in [0.25, 0.3) is 0 Å². The molecular formula is C25H33N3O3. The van der Waals surface area contributed by atoms with Gasteiger partial charge in [0.2, 0.25) is 17.7 Å². The Morgan fingerprint density at radius 2 is 1.84 bits per heavy atom. The molecule has 1 aromatic heterocycles. The molecule has 31 heavy (non-hydrogen) atoms. The molecule has 0 aliphatic heterocycles. The Kier molecular flexibility index (Phi) is 8.44. The zero-order valence-corrected chi connectivity index (χ0v) is 18.4. The first-order chi connectivity index (χ1) is 15.1. The lowest BCUT2D eigenvalue weighted by Gasteiger charge is -2.30. The normalized spacial score (nSPS) is 14.2. The Labute approximate surface area is 184 Å². The van der Waals surface area contributed by atoms with Crippen LogP contribution in [0, 0.1) is 5.92 Å². The number of primary amides is 1. The number of anilines is 1. The Balaban J connectivity index is 1.80. The van der Waals surface area contributed by atoms with Crippen molar-refractivity contribution >= 4 is 17.5 Å². The molecule has 0 radical (unpaired) electrons. The van der Waals surface area contributed by atoms with Crippen molar-refractivity contribution in [1.29, 1.82) is 0 Å². The molecule has 6 heteroatoms. The summed E-state index contributed by atoms with van der Waals surface area (Å²) >= 11 is 0. The van der Waals surface area contributed by atoms with E-state index >= 15 is 0 Å². The van der Waals surface area contributed by atoms with E-state index in [2.05, 4.69) is 11.1 Å². The zero-order chi connectivity index (χ0) is 22.1. The van der Waals surface area contributed by atoms with Gasteiger partial charge in [0, 0.05) is 36.8 Å². The molecule has 2 aromatic rings. The fourth-order valence-corrected chi connectivity index (χ4v) is 4.24. The summed E-state index contributed by atoms with van der Waals surface area (Å²) < 4.78 is 5.26. The topological polar surface area (TPSA) is 85.5 Å². The zero-order valence-electron chi connectivity index (χ0n) is 18.4. The number of hydrogen-bond acceptors (Lipinski definition) is 4. The first-order valence-electron chi connectivity index (χ1n) is 11.3. The third-order valence-corrected chi connectivity index (χ3v) is 5.96. The van der Waals surface area contributed by atoms with Crippen molar-refractivity contribution in [2.24, 2.45) is 11.7 Å². The van der Waals surface area contributed by atoms with Crippen LogP contribution in [0.4, 0.5) is 5.69 Å². The molecule has 2 N–H and O–H groups in total. The van der Waals surface area contributed by atoms with Crippen LogP contribution >= 0.6 is 0 Å². The summed E-state index contributed by atoms with van der Waals surface area (Å²) in [7, 11) is 1.60. The standard InChI is InChI=1S/C25H33N3O3/c1-31-24-18-21(14-15-27-24)20-11-8-12-22(17-20)28(16-7-3-6-13-23(26)29)25(30)19-9-4-2-5-10-19/h8,11-12,14-15,17-19H,2-7,9-10,13,16H2,1H3,(H2,26,29). The molecule has 0 saturated heterocycles. The largest absolute Gasteiger partial charge is 0.481 e. The molecule has 0 atom stereocenters. The van der Waals surface area contributed by atoms with Crippen molar-refractivity contribution in [3.8, 4) is 17.0 Å². The highest BCUT2D eigenvalue weighted by atomic mass is 16.5. The van der Waals surface area contributed by atoms with E-state index in [4.69, 9.17) is 10.5 Å². The lowest BCUT2D eigenvalue weighted by molar-refractivity contribution is -0.123. The van der Waals surface area contributed by atoms with Crippen molar-refractivity contribution in [3.05, 3.63) is 42.6 Å². The molecule has 1 aromatic carbocycles. The van der Waals surface area contributed by atoms with Gasteiger partial charge in [-0.2, -0.15) is 0 Å². The highest BCUT2D eigenvalue weighted by molar-refractivity contribution is 5.95. The second-order valence-electron chi connectivity index (χ2n) is 8.24. The van der Waals surface area contributed by atoms with E-state index < -0.39 is 0 Å². The van der Waals surface area contributed by atoms with Crippen LogP contribution in [0.15, 0.2) is 42.6 Å². The number of carbonyl (C=O) groups is 2. The number of nitrogens with zero attached hydrogens (tertiary/aromatic N) is 2. The monoisotopic (exact) mass is 423 g/mol. The van der Waals surface area contributed by atoms with Gasteiger partial charge in [-0.05, 0) is 55.0 Å². The maximum atomic E-state index is 13.4. The number of carbonyl (C=O) groups excluding carboxylic acids is 2. The molecule has 1 aliphatic carbocycles. The number of hydrogen-bond donors (Lipinski definition) is 1. The number of pyridine rings is 1. The Bertz CT molecular complexity index is 878. The molecule has 0 bridgehead atoms. The third-order valence-electron chi connectivity index (χ3n) is 5.96. The molecule has 6 nitrogen and oxygen atoms in total. The number of benzene rings is 1. The highest BCUT2D eigenvalue weighted by Crippen LogP contribution is 2.31. The second-order valence-corrected chi connectivity index (χ2v) is 8.24. The van der Waals surface area contributed by atoms with Crippen molar-refractivity contribution in [2.75, 3.05) is 18.6 Å². The summed E-state index contributed by atoms with van der Waals surface area (Å²) in [4.78, 5) is 30.6. The molecule has 1 saturated carbocycles. The molecular weight excluding hydrogens is 390 g/mol. The predicted molar refractivity (Wildman–Crippen MR) is 123 cm³/mol. The van der Waals surface area contributed by atoms with Gasteiger partial charge in [-0.15, -0.1) is 0 Å². The maximum absolute atomic E-state index is 13.4. The summed E-state index contributed by atoms with van der Waals surface area (Å²) in [6.07, 6.45) is 10.0. The van der Waals surface area contributed by atoms with Crippen molar-refractivity contribution in [3.63, 3.8) is 0 Å². The molecule has 0 spiro atoms. The van der Waals surface area contributed by atoms with E-state index in [0.29, 0.717) is 18.8 Å². The van der Waals surface area contributed by atoms with Crippen LogP contribution in [0.1, 0.15) is 57.8 Å². The second kappa shape index (κ2) is 11.5. The van der Waals surface area contributed by atoms with Crippen LogP contribution in [-0.4, -0.2) is 30.5 Å². The average Bonchev–Trinajstić information content (AvgIpc) is 2.81. The van der Waals surface area contributed by atoms with E-state index in [-0.39, 0.29) is 17.7 Å². The summed E-state index contributed by atoms with van der Waals surface area (Å²) in [5.41, 5.74) is 8.18. The summed E-state index contributed by atoms with van der Waals surface area (Å²) in [6, 6.07) is 11.9. The highest BCUT2D eigenvalue weighted by Gasteiger charge is 2.27. The fraction of sp³-hybridized carbons (Fsp3) is 0.480. The molecule has 2 amide bonds. The van der Waals surface area contributed by atoms with Gasteiger partial charge in [-0.25, -0.2) is 4.98 Å². The summed E-state index contributed by atoms with van der Waals surface area (Å²) in [5, 5.41) is 0. The molecule has 1 aliphatic rings. The number of ether oxygens (including phenoxy) is 1. The van der Waals surface area contributed by atoms with Gasteiger partial charge in [0.05, 0.1) is 7.11 Å². The molecule has 3 rings (SSSR count). The number of amides is 2. The number of methoxy groups -OCH3 is 1. The minimum atomic E-state index is -0.268. The van der Waals surface area contributed by atoms with E-state index in [0.717, 1.165) is 61.8 Å². The van der Waals surface area contributed by atoms with Crippen molar-refractivity contribution < 1.29 is 14.3 Å². The smallest absolute Gasteiger partial charge is 0.230 e. The summed E-state index contributed by atoms with van der Waals surface area (Å²) in [6.45, 7) is 0.650. The SMILES string of the molecule is COc1cc(-c2cccc(N(CCCCCC(N)=O)C(=O)C3CCCCC3)c2)ccn1. The summed E-state index contributed by atoms with van der Waals surface area (Å²) in [5.74, 6) is 0.617. The number of rotatable bonds is 10. The van der Waals surface area contributed by atoms with E-state index in [1.165, 1.54) is 6.42 Å². The van der Waals surface area contributed by atoms with Crippen molar-refractivity contribution in [2.45, 2.75) is 57.8 Å². The van der Waals surface area contributed by atoms with Crippen LogP contribution in [0.3, 0.4) is 0 Å². The molecule has 0 unspecified atom stereocenters. The van der Waals surface area contributed by atoms with Crippen LogP contribution in [0.2, 0.25) is 0 Å². The Hall–Kier alpha value is -2.89. The quantitative estimate of drug-likeness (QED) is 0.561. The third kappa shape index (κ3) is 6.54. The van der Waals surface area contributed by atoms with Gasteiger partial charge >= 0.3 is 0 Å². The number of nitrogens with two attached hydrogens (primary N) is 1. The van der Waals surface area contributed by atoms with E-state index in [9.17, 15) is 9.59 Å². The molecule has 1 heterocycles. The first-order valence-corrected chi connectivity index (χ1v) is 11.3. The van der Waals surface area contributed by atoms with Gasteiger partial charge in [-0.1, -0.05) is 37.8 Å². The average molecular weight is 424 g/mol. The lowest BCUT2D eigenvalue weighted by Crippen LogP contribution is -2.38. The predicted octanol–water partition coefficient (Wildman–Crippen LogP) is 4.72. The van der Waals surface area contributed by atoms with Crippen molar-refractivity contribution in [1.82, 2.24) is 4.98 Å². The van der Waals surface area contributed by atoms with Gasteiger partial charge in [-0.3, -0.25) is 9.59 Å². The van der Waals surface area contributed by atoms with Gasteiger partial charge in [0.15, 0.2) is 0 Å². The first kappa shape index (κ1) is 22.8. The van der Waals surface area contributed by atoms with Crippen LogP contribution in [0.5, 0.6) is 5.88 Å². The maximum Gasteiger partial charge on any atom is 0.230 e. The molecule has 166 valence electrons. The Morgan fingerprint density at radius 3 is 2.58 bits per heavy atom. The number of unbranched alkanes of at least 4 members (excludes halogenated alkanes) is 2. The van der Waals surface area contributed by atoms with E-state index in [1.54, 1.807) is 13.3 Å². The Morgan fingerprint density at radius 1 is 1.06 bits per heavy atom. The van der Waals surface area contributed by atoms with Gasteiger partial charge in [0.1, 0.15) is 0 Å². The van der Waals surface area contributed by atoms with E-state index in [1.807, 2.05) is 35.2 Å². The minimum absolute atomic E-state index is 0.101.